The minimum Gasteiger partial charge on any atom is -0.444 e. The summed E-state index contributed by atoms with van der Waals surface area (Å²) in [6.45, 7) is 5.95. The van der Waals surface area contributed by atoms with E-state index in [-0.39, 0.29) is 11.9 Å². The number of amides is 1. The average molecular weight is 282 g/mol. The normalized spacial score (nSPS) is 26.9. The van der Waals surface area contributed by atoms with Crippen LogP contribution in [0.5, 0.6) is 0 Å². The van der Waals surface area contributed by atoms with Crippen molar-refractivity contribution in [3.05, 3.63) is 0 Å². The van der Waals surface area contributed by atoms with Crippen LogP contribution >= 0.6 is 15.9 Å². The van der Waals surface area contributed by atoms with Crippen LogP contribution in [0.4, 0.5) is 9.18 Å². The summed E-state index contributed by atoms with van der Waals surface area (Å²) >= 11 is 3.12. The Balaban J connectivity index is 2.51. The second-order valence-corrected chi connectivity index (χ2v) is 5.50. The van der Waals surface area contributed by atoms with Gasteiger partial charge in [0.05, 0.1) is 6.54 Å². The van der Waals surface area contributed by atoms with Crippen molar-refractivity contribution in [1.82, 2.24) is 4.90 Å². The van der Waals surface area contributed by atoms with Crippen LogP contribution in [-0.4, -0.2) is 40.7 Å². The van der Waals surface area contributed by atoms with Gasteiger partial charge in [0.15, 0.2) is 0 Å². The van der Waals surface area contributed by atoms with Gasteiger partial charge in [0, 0.05) is 18.3 Å². The third-order valence-electron chi connectivity index (χ3n) is 2.20. The van der Waals surface area contributed by atoms with E-state index in [1.165, 1.54) is 4.90 Å². The standard InChI is InChI=1S/C10H17BrFNO2/c1-9(2,3)15-8(14)13-5-4-10(12,6-11)7-13/h4-7H2,1-3H3/t10-/m1/s1. The summed E-state index contributed by atoms with van der Waals surface area (Å²) in [4.78, 5) is 13.0. The number of carbonyl (C=O) groups is 1. The fourth-order valence-corrected chi connectivity index (χ4v) is 1.88. The molecular weight excluding hydrogens is 265 g/mol. The van der Waals surface area contributed by atoms with Crippen molar-refractivity contribution in [1.29, 1.82) is 0 Å². The van der Waals surface area contributed by atoms with E-state index in [0.29, 0.717) is 13.0 Å². The van der Waals surface area contributed by atoms with Gasteiger partial charge in [0.25, 0.3) is 0 Å². The molecule has 1 aliphatic heterocycles. The molecular formula is C10H17BrFNO2. The van der Waals surface area contributed by atoms with Gasteiger partial charge in [-0.1, -0.05) is 15.9 Å². The van der Waals surface area contributed by atoms with E-state index >= 15 is 0 Å². The largest absolute Gasteiger partial charge is 0.444 e. The number of likely N-dealkylation sites (tertiary alicyclic amines) is 1. The van der Waals surface area contributed by atoms with E-state index in [2.05, 4.69) is 15.9 Å². The number of alkyl halides is 2. The van der Waals surface area contributed by atoms with Crippen molar-refractivity contribution in [2.45, 2.75) is 38.5 Å². The first kappa shape index (κ1) is 12.7. The lowest BCUT2D eigenvalue weighted by atomic mass is 10.1. The minimum atomic E-state index is -1.29. The first-order valence-corrected chi connectivity index (χ1v) is 6.11. The van der Waals surface area contributed by atoms with E-state index in [9.17, 15) is 9.18 Å². The van der Waals surface area contributed by atoms with Crippen LogP contribution in [0.3, 0.4) is 0 Å². The summed E-state index contributed by atoms with van der Waals surface area (Å²) in [7, 11) is 0. The predicted octanol–water partition coefficient (Wildman–Crippen LogP) is 2.73. The summed E-state index contributed by atoms with van der Waals surface area (Å²) in [5.41, 5.74) is -1.82. The van der Waals surface area contributed by atoms with E-state index in [4.69, 9.17) is 4.74 Å². The van der Waals surface area contributed by atoms with Gasteiger partial charge in [-0.2, -0.15) is 0 Å². The minimum absolute atomic E-state index is 0.118. The highest BCUT2D eigenvalue weighted by Gasteiger charge is 2.40. The molecule has 1 saturated heterocycles. The maximum Gasteiger partial charge on any atom is 0.410 e. The van der Waals surface area contributed by atoms with Crippen molar-refractivity contribution < 1.29 is 13.9 Å². The van der Waals surface area contributed by atoms with Crippen LogP contribution in [0.15, 0.2) is 0 Å². The highest BCUT2D eigenvalue weighted by atomic mass is 79.9. The molecule has 0 unspecified atom stereocenters. The summed E-state index contributed by atoms with van der Waals surface area (Å²) in [5.74, 6) is 0. The number of carbonyl (C=O) groups excluding carboxylic acids is 1. The Hall–Kier alpha value is -0.320. The Bertz CT molecular complexity index is 254. The van der Waals surface area contributed by atoms with Crippen molar-refractivity contribution >= 4 is 22.0 Å². The molecule has 0 aromatic heterocycles. The summed E-state index contributed by atoms with van der Waals surface area (Å²) in [6, 6.07) is 0. The van der Waals surface area contributed by atoms with E-state index in [1.54, 1.807) is 20.8 Å². The third kappa shape index (κ3) is 3.63. The maximum absolute atomic E-state index is 13.8. The van der Waals surface area contributed by atoms with Crippen molar-refractivity contribution in [3.8, 4) is 0 Å². The van der Waals surface area contributed by atoms with Crippen LogP contribution in [0, 0.1) is 0 Å². The summed E-state index contributed by atoms with van der Waals surface area (Å²) in [6.07, 6.45) is -0.0553. The molecule has 1 fully saturated rings. The number of rotatable bonds is 1. The summed E-state index contributed by atoms with van der Waals surface area (Å²) in [5, 5.41) is 0.263. The Morgan fingerprint density at radius 2 is 2.20 bits per heavy atom. The zero-order chi connectivity index (χ0) is 11.7. The SMILES string of the molecule is CC(C)(C)OC(=O)N1CC[C@@](F)(CBr)C1. The van der Waals surface area contributed by atoms with Crippen LogP contribution in [0.1, 0.15) is 27.2 Å². The Kier molecular flexibility index (Phi) is 3.63. The van der Waals surface area contributed by atoms with Crippen molar-refractivity contribution in [3.63, 3.8) is 0 Å². The molecule has 1 rings (SSSR count). The molecule has 3 nitrogen and oxygen atoms in total. The highest BCUT2D eigenvalue weighted by molar-refractivity contribution is 9.09. The molecule has 1 heterocycles. The number of halogens is 2. The average Bonchev–Trinajstić information content (AvgIpc) is 2.46. The lowest BCUT2D eigenvalue weighted by Crippen LogP contribution is -2.38. The van der Waals surface area contributed by atoms with Gasteiger partial charge >= 0.3 is 6.09 Å². The van der Waals surface area contributed by atoms with Gasteiger partial charge in [0.2, 0.25) is 0 Å². The van der Waals surface area contributed by atoms with Gasteiger partial charge in [-0.05, 0) is 20.8 Å². The van der Waals surface area contributed by atoms with Crippen molar-refractivity contribution in [2.24, 2.45) is 0 Å². The Morgan fingerprint density at radius 3 is 2.60 bits per heavy atom. The Morgan fingerprint density at radius 1 is 1.60 bits per heavy atom. The molecule has 0 saturated carbocycles. The van der Waals surface area contributed by atoms with E-state index in [0.717, 1.165) is 0 Å². The molecule has 0 spiro atoms. The molecule has 0 aromatic carbocycles. The molecule has 0 aliphatic carbocycles. The second-order valence-electron chi connectivity index (χ2n) is 4.94. The van der Waals surface area contributed by atoms with Gasteiger partial charge in [-0.25, -0.2) is 9.18 Å². The van der Waals surface area contributed by atoms with Gasteiger partial charge < -0.3 is 9.64 Å². The number of hydrogen-bond donors (Lipinski definition) is 0. The van der Waals surface area contributed by atoms with Crippen LogP contribution in [0.2, 0.25) is 0 Å². The zero-order valence-electron chi connectivity index (χ0n) is 9.35. The van der Waals surface area contributed by atoms with Gasteiger partial charge in [0.1, 0.15) is 11.3 Å². The number of ether oxygens (including phenoxy) is 1. The Labute approximate surface area is 98.1 Å². The molecule has 1 amide bonds. The molecule has 1 atom stereocenters. The fourth-order valence-electron chi connectivity index (χ4n) is 1.43. The lowest BCUT2D eigenvalue weighted by Gasteiger charge is -2.25. The molecule has 0 aromatic rings. The van der Waals surface area contributed by atoms with Crippen LogP contribution in [0.25, 0.3) is 0 Å². The molecule has 0 bridgehead atoms. The number of nitrogens with zero attached hydrogens (tertiary/aromatic N) is 1. The lowest BCUT2D eigenvalue weighted by molar-refractivity contribution is 0.0266. The van der Waals surface area contributed by atoms with Gasteiger partial charge in [-0.15, -0.1) is 0 Å². The smallest absolute Gasteiger partial charge is 0.410 e. The van der Waals surface area contributed by atoms with Crippen LogP contribution in [-0.2, 0) is 4.74 Å². The third-order valence-corrected chi connectivity index (χ3v) is 3.20. The van der Waals surface area contributed by atoms with Crippen LogP contribution < -0.4 is 0 Å². The topological polar surface area (TPSA) is 29.5 Å². The number of hydrogen-bond acceptors (Lipinski definition) is 2. The molecule has 0 N–H and O–H groups in total. The first-order chi connectivity index (χ1) is 6.76. The monoisotopic (exact) mass is 281 g/mol. The first-order valence-electron chi connectivity index (χ1n) is 4.99. The predicted molar refractivity (Wildman–Crippen MR) is 60.1 cm³/mol. The van der Waals surface area contributed by atoms with E-state index < -0.39 is 17.4 Å². The summed E-state index contributed by atoms with van der Waals surface area (Å²) < 4.78 is 19.0. The molecule has 5 heteroatoms. The quantitative estimate of drug-likeness (QED) is 0.692. The molecule has 15 heavy (non-hydrogen) atoms. The fraction of sp³-hybridized carbons (Fsp3) is 0.900. The van der Waals surface area contributed by atoms with Gasteiger partial charge in [-0.3, -0.25) is 0 Å². The zero-order valence-corrected chi connectivity index (χ0v) is 10.9. The maximum atomic E-state index is 13.8. The highest BCUT2D eigenvalue weighted by Crippen LogP contribution is 2.28. The molecule has 0 radical (unpaired) electrons. The molecule has 88 valence electrons. The van der Waals surface area contributed by atoms with E-state index in [1.807, 2.05) is 0 Å². The van der Waals surface area contributed by atoms with Crippen molar-refractivity contribution in [2.75, 3.05) is 18.4 Å². The molecule has 1 aliphatic rings. The second kappa shape index (κ2) is 4.28.